The van der Waals surface area contributed by atoms with Crippen molar-refractivity contribution in [2.75, 3.05) is 39.4 Å². The Bertz CT molecular complexity index is 1320. The van der Waals surface area contributed by atoms with Crippen LogP contribution in [-0.4, -0.2) is 55.1 Å². The summed E-state index contributed by atoms with van der Waals surface area (Å²) in [6, 6.07) is 9.92. The van der Waals surface area contributed by atoms with Crippen molar-refractivity contribution in [2.24, 2.45) is 0 Å². The first kappa shape index (κ1) is 27.0. The van der Waals surface area contributed by atoms with E-state index in [0.29, 0.717) is 59.4 Å². The Balaban J connectivity index is 1.84. The molecule has 1 aliphatic rings. The summed E-state index contributed by atoms with van der Waals surface area (Å²) in [5.74, 6) is 1.04. The van der Waals surface area contributed by atoms with Crippen molar-refractivity contribution >= 4 is 28.5 Å². The molecule has 0 saturated carbocycles. The van der Waals surface area contributed by atoms with Crippen molar-refractivity contribution < 1.29 is 18.7 Å². The predicted molar refractivity (Wildman–Crippen MR) is 146 cm³/mol. The molecule has 1 aromatic heterocycles. The third-order valence-electron chi connectivity index (χ3n) is 6.82. The Morgan fingerprint density at radius 2 is 1.78 bits per heavy atom. The average Bonchev–Trinajstić information content (AvgIpc) is 3.18. The number of hydrogen-bond acceptors (Lipinski definition) is 6. The monoisotopic (exact) mass is 526 g/mol. The molecule has 0 N–H and O–H groups in total. The molecular weight excluding hydrogens is 492 g/mol. The Hall–Kier alpha value is -3.03. The second-order valence-corrected chi connectivity index (χ2v) is 9.52. The zero-order valence-electron chi connectivity index (χ0n) is 22.0. The van der Waals surface area contributed by atoms with Crippen LogP contribution in [0.3, 0.4) is 0 Å². The number of halogens is 1. The van der Waals surface area contributed by atoms with Gasteiger partial charge in [0.05, 0.1) is 30.2 Å². The summed E-state index contributed by atoms with van der Waals surface area (Å²) in [4.78, 5) is 31.4. The van der Waals surface area contributed by atoms with Crippen LogP contribution in [0.5, 0.6) is 11.5 Å². The fourth-order valence-corrected chi connectivity index (χ4v) is 4.94. The fourth-order valence-electron chi connectivity index (χ4n) is 4.77. The van der Waals surface area contributed by atoms with E-state index in [4.69, 9.17) is 25.5 Å². The largest absolute Gasteiger partial charge is 0.490 e. The molecule has 198 valence electrons. The minimum Gasteiger partial charge on any atom is -0.490 e. The fraction of sp³-hybridized carbons (Fsp3) is 0.448. The van der Waals surface area contributed by atoms with Gasteiger partial charge in [-0.2, -0.15) is 0 Å². The zero-order valence-corrected chi connectivity index (χ0v) is 22.8. The Labute approximate surface area is 222 Å². The molecule has 2 heterocycles. The third kappa shape index (κ3) is 5.48. The number of nitrogens with zero attached hydrogens (tertiary/aromatic N) is 2. The Morgan fingerprint density at radius 3 is 2.49 bits per heavy atom. The summed E-state index contributed by atoms with van der Waals surface area (Å²) in [5, 5.41) is 0.797. The molecule has 2 aromatic carbocycles. The van der Waals surface area contributed by atoms with E-state index in [1.165, 1.54) is 0 Å². The van der Waals surface area contributed by atoms with E-state index < -0.39 is 6.04 Å². The highest BCUT2D eigenvalue weighted by molar-refractivity contribution is 6.31. The van der Waals surface area contributed by atoms with Crippen molar-refractivity contribution in [3.63, 3.8) is 0 Å². The average molecular weight is 527 g/mol. The van der Waals surface area contributed by atoms with Gasteiger partial charge in [0.1, 0.15) is 5.58 Å². The van der Waals surface area contributed by atoms with Crippen LogP contribution in [0.25, 0.3) is 11.0 Å². The summed E-state index contributed by atoms with van der Waals surface area (Å²) in [6.07, 6.45) is 1.96. The maximum atomic E-state index is 13.8. The van der Waals surface area contributed by atoms with Gasteiger partial charge in [0.15, 0.2) is 16.9 Å². The molecule has 37 heavy (non-hydrogen) atoms. The SMILES string of the molecule is CCCCOc1ccc(C2c3c(oc4ccc(Cl)cc4c3=O)C(=O)N2CCN(CC)CC)cc1OCC. The van der Waals surface area contributed by atoms with Crippen molar-refractivity contribution in [2.45, 2.75) is 46.6 Å². The second-order valence-electron chi connectivity index (χ2n) is 9.08. The normalized spacial score (nSPS) is 15.0. The first-order valence-corrected chi connectivity index (χ1v) is 13.5. The number of unbranched alkanes of at least 4 members (excludes halogenated alkanes) is 1. The smallest absolute Gasteiger partial charge is 0.290 e. The lowest BCUT2D eigenvalue weighted by molar-refractivity contribution is 0.0708. The van der Waals surface area contributed by atoms with E-state index in [9.17, 15) is 9.59 Å². The third-order valence-corrected chi connectivity index (χ3v) is 7.05. The van der Waals surface area contributed by atoms with Gasteiger partial charge >= 0.3 is 0 Å². The number of carbonyl (C=O) groups excluding carboxylic acids is 1. The lowest BCUT2D eigenvalue weighted by Crippen LogP contribution is -2.37. The molecule has 1 unspecified atom stereocenters. The van der Waals surface area contributed by atoms with Gasteiger partial charge in [-0.25, -0.2) is 0 Å². The molecule has 0 spiro atoms. The van der Waals surface area contributed by atoms with Gasteiger partial charge in [0.25, 0.3) is 5.91 Å². The number of likely N-dealkylation sites (N-methyl/N-ethyl adjacent to an activating group) is 1. The van der Waals surface area contributed by atoms with Crippen molar-refractivity contribution in [3.05, 3.63) is 68.5 Å². The lowest BCUT2D eigenvalue weighted by atomic mass is 9.98. The maximum absolute atomic E-state index is 13.8. The molecule has 8 heteroatoms. The summed E-state index contributed by atoms with van der Waals surface area (Å²) in [7, 11) is 0. The minimum absolute atomic E-state index is 0.0885. The van der Waals surface area contributed by atoms with Gasteiger partial charge < -0.3 is 23.7 Å². The summed E-state index contributed by atoms with van der Waals surface area (Å²) in [6.45, 7) is 12.1. The Kier molecular flexibility index (Phi) is 8.77. The first-order chi connectivity index (χ1) is 17.9. The zero-order chi connectivity index (χ0) is 26.5. The molecule has 0 radical (unpaired) electrons. The molecule has 0 bridgehead atoms. The van der Waals surface area contributed by atoms with E-state index in [0.717, 1.165) is 31.5 Å². The molecule has 0 aliphatic carbocycles. The van der Waals surface area contributed by atoms with Crippen LogP contribution in [0.15, 0.2) is 45.6 Å². The van der Waals surface area contributed by atoms with Crippen molar-refractivity contribution in [1.82, 2.24) is 9.80 Å². The van der Waals surface area contributed by atoms with Gasteiger partial charge in [0, 0.05) is 18.1 Å². The van der Waals surface area contributed by atoms with E-state index in [1.807, 2.05) is 25.1 Å². The molecule has 1 aliphatic heterocycles. The number of fused-ring (bicyclic) bond motifs is 2. The number of ether oxygens (including phenoxy) is 2. The molecule has 0 fully saturated rings. The minimum atomic E-state index is -0.610. The van der Waals surface area contributed by atoms with Gasteiger partial charge in [-0.15, -0.1) is 0 Å². The molecular formula is C29H35ClN2O5. The van der Waals surface area contributed by atoms with Gasteiger partial charge in [-0.1, -0.05) is 44.9 Å². The van der Waals surface area contributed by atoms with E-state index in [2.05, 4.69) is 25.7 Å². The van der Waals surface area contributed by atoms with Crippen LogP contribution in [-0.2, 0) is 0 Å². The molecule has 3 aromatic rings. The number of amides is 1. The second kappa shape index (κ2) is 12.0. The van der Waals surface area contributed by atoms with E-state index >= 15 is 0 Å². The number of carbonyl (C=O) groups is 1. The van der Waals surface area contributed by atoms with Crippen LogP contribution >= 0.6 is 11.6 Å². The number of benzene rings is 2. The molecule has 7 nitrogen and oxygen atoms in total. The Morgan fingerprint density at radius 1 is 1.00 bits per heavy atom. The van der Waals surface area contributed by atoms with E-state index in [1.54, 1.807) is 23.1 Å². The van der Waals surface area contributed by atoms with Crippen LogP contribution in [0.2, 0.25) is 5.02 Å². The summed E-state index contributed by atoms with van der Waals surface area (Å²) < 4.78 is 17.9. The highest BCUT2D eigenvalue weighted by Gasteiger charge is 2.43. The summed E-state index contributed by atoms with van der Waals surface area (Å²) in [5.41, 5.74) is 1.21. The van der Waals surface area contributed by atoms with Crippen molar-refractivity contribution in [3.8, 4) is 11.5 Å². The maximum Gasteiger partial charge on any atom is 0.290 e. The standard InChI is InChI=1S/C29H35ClN2O5/c1-5-9-16-36-23-12-10-19(17-24(23)35-8-4)26-25-27(33)21-18-20(30)11-13-22(21)37-28(25)29(34)32(26)15-14-31(6-2)7-3/h10-13,17-18,26H,5-9,14-16H2,1-4H3. The van der Waals surface area contributed by atoms with Crippen LogP contribution < -0.4 is 14.9 Å². The molecule has 1 atom stereocenters. The molecule has 1 amide bonds. The molecule has 4 rings (SSSR count). The lowest BCUT2D eigenvalue weighted by Gasteiger charge is -2.28. The van der Waals surface area contributed by atoms with Crippen LogP contribution in [0, 0.1) is 0 Å². The van der Waals surface area contributed by atoms with Crippen LogP contribution in [0.1, 0.15) is 68.3 Å². The van der Waals surface area contributed by atoms with Gasteiger partial charge in [-0.3, -0.25) is 9.59 Å². The van der Waals surface area contributed by atoms with Crippen LogP contribution in [0.4, 0.5) is 0 Å². The van der Waals surface area contributed by atoms with Gasteiger partial charge in [-0.05, 0) is 62.3 Å². The van der Waals surface area contributed by atoms with E-state index in [-0.39, 0.29) is 17.1 Å². The number of hydrogen-bond donors (Lipinski definition) is 0. The highest BCUT2D eigenvalue weighted by Crippen LogP contribution is 2.41. The predicted octanol–water partition coefficient (Wildman–Crippen LogP) is 5.91. The highest BCUT2D eigenvalue weighted by atomic mass is 35.5. The quantitative estimate of drug-likeness (QED) is 0.273. The summed E-state index contributed by atoms with van der Waals surface area (Å²) >= 11 is 6.20. The topological polar surface area (TPSA) is 72.2 Å². The van der Waals surface area contributed by atoms with Crippen molar-refractivity contribution in [1.29, 1.82) is 0 Å². The number of rotatable bonds is 12. The van der Waals surface area contributed by atoms with Gasteiger partial charge in [0.2, 0.25) is 5.76 Å². The first-order valence-electron chi connectivity index (χ1n) is 13.1. The molecule has 0 saturated heterocycles.